The minimum Gasteiger partial charge on any atom is -0.505 e. The number of rotatable bonds is 5. The van der Waals surface area contributed by atoms with Gasteiger partial charge >= 0.3 is 0 Å². The van der Waals surface area contributed by atoms with E-state index in [1.165, 1.54) is 11.0 Å². The van der Waals surface area contributed by atoms with Gasteiger partial charge in [0.05, 0.1) is 17.5 Å². The second kappa shape index (κ2) is 8.09. The Kier molecular flexibility index (Phi) is 5.58. The van der Waals surface area contributed by atoms with E-state index >= 15 is 0 Å². The maximum Gasteiger partial charge on any atom is 0.257 e. The van der Waals surface area contributed by atoms with E-state index in [2.05, 4.69) is 24.5 Å². The summed E-state index contributed by atoms with van der Waals surface area (Å²) in [5.41, 5.74) is 1.22. The van der Waals surface area contributed by atoms with E-state index in [1.54, 1.807) is 32.5 Å². The molecule has 170 valence electrons. The number of fused-ring (bicyclic) bond motifs is 1. The number of nitrogens with zero attached hydrogens (tertiary/aromatic N) is 1. The van der Waals surface area contributed by atoms with Crippen molar-refractivity contribution in [1.82, 2.24) is 10.2 Å². The standard InChI is InChI=1S/C24H29N3O5/c1-24(2)11-6-9-16-13(10-12-32-16)22(24)26-18-17(20(29)21(18)30)25-15-8-5-7-14(19(15)28)23(31)27(3)4/h5,7-8,10,12,17-18,22,25-26,28H,6,9,11H2,1-4H3. The summed E-state index contributed by atoms with van der Waals surface area (Å²) >= 11 is 0. The van der Waals surface area contributed by atoms with Gasteiger partial charge in [0.15, 0.2) is 5.75 Å². The van der Waals surface area contributed by atoms with Gasteiger partial charge in [-0.25, -0.2) is 0 Å². The highest BCUT2D eigenvalue weighted by molar-refractivity contribution is 6.49. The molecule has 1 fully saturated rings. The molecule has 2 aliphatic rings. The predicted octanol–water partition coefficient (Wildman–Crippen LogP) is 2.68. The van der Waals surface area contributed by atoms with Gasteiger partial charge in [-0.2, -0.15) is 0 Å². The average Bonchev–Trinajstić information content (AvgIpc) is 3.16. The first-order chi connectivity index (χ1) is 15.1. The number of ketones is 2. The second-order valence-electron chi connectivity index (χ2n) is 9.47. The third kappa shape index (κ3) is 3.68. The van der Waals surface area contributed by atoms with Gasteiger partial charge in [0.1, 0.15) is 17.8 Å². The fourth-order valence-electron chi connectivity index (χ4n) is 4.65. The Labute approximate surface area is 187 Å². The molecular weight excluding hydrogens is 410 g/mol. The van der Waals surface area contributed by atoms with Crippen LogP contribution in [0.4, 0.5) is 5.69 Å². The number of para-hydroxylation sites is 1. The number of aryl methyl sites for hydroxylation is 1. The fourth-order valence-corrected chi connectivity index (χ4v) is 4.65. The fraction of sp³-hybridized carbons (Fsp3) is 0.458. The Balaban J connectivity index is 1.59. The molecule has 1 saturated carbocycles. The monoisotopic (exact) mass is 439 g/mol. The van der Waals surface area contributed by atoms with Crippen LogP contribution in [0.1, 0.15) is 54.4 Å². The smallest absolute Gasteiger partial charge is 0.257 e. The number of hydrogen-bond acceptors (Lipinski definition) is 7. The molecule has 8 heteroatoms. The molecule has 3 unspecified atom stereocenters. The van der Waals surface area contributed by atoms with E-state index in [-0.39, 0.29) is 34.4 Å². The number of benzene rings is 1. The molecule has 3 N–H and O–H groups in total. The van der Waals surface area contributed by atoms with E-state index in [4.69, 9.17) is 4.42 Å². The zero-order valence-corrected chi connectivity index (χ0v) is 18.8. The van der Waals surface area contributed by atoms with Gasteiger partial charge in [0.25, 0.3) is 5.91 Å². The minimum atomic E-state index is -0.840. The molecule has 2 aromatic rings. The van der Waals surface area contributed by atoms with Gasteiger partial charge in [-0.1, -0.05) is 19.9 Å². The molecule has 0 radical (unpaired) electrons. The van der Waals surface area contributed by atoms with Gasteiger partial charge in [0, 0.05) is 32.1 Å². The van der Waals surface area contributed by atoms with Crippen LogP contribution in [0.3, 0.4) is 0 Å². The molecule has 1 heterocycles. The lowest BCUT2D eigenvalue weighted by molar-refractivity contribution is -0.146. The number of carbonyl (C=O) groups is 3. The third-order valence-corrected chi connectivity index (χ3v) is 6.57. The molecule has 0 spiro atoms. The topological polar surface area (TPSA) is 112 Å². The van der Waals surface area contributed by atoms with Crippen molar-refractivity contribution >= 4 is 23.2 Å². The number of furan rings is 1. The Morgan fingerprint density at radius 1 is 1.16 bits per heavy atom. The van der Waals surface area contributed by atoms with Gasteiger partial charge in [-0.3, -0.25) is 19.7 Å². The summed E-state index contributed by atoms with van der Waals surface area (Å²) in [5, 5.41) is 17.0. The number of anilines is 1. The van der Waals surface area contributed by atoms with E-state index in [0.717, 1.165) is 30.6 Å². The van der Waals surface area contributed by atoms with Crippen molar-refractivity contribution in [3.05, 3.63) is 47.4 Å². The maximum absolute atomic E-state index is 12.5. The van der Waals surface area contributed by atoms with Crippen molar-refractivity contribution in [3.8, 4) is 5.75 Å². The SMILES string of the molecule is CN(C)C(=O)c1cccc(NC2C(=O)C(=O)C2NC2c3ccoc3CCCC2(C)C)c1O. The number of aromatic hydroxyl groups is 1. The van der Waals surface area contributed by atoms with Crippen LogP contribution >= 0.6 is 0 Å². The lowest BCUT2D eigenvalue weighted by atomic mass is 9.75. The summed E-state index contributed by atoms with van der Waals surface area (Å²) < 4.78 is 5.66. The molecule has 1 aromatic carbocycles. The summed E-state index contributed by atoms with van der Waals surface area (Å²) in [6.07, 6.45) is 4.42. The van der Waals surface area contributed by atoms with E-state index in [9.17, 15) is 19.5 Å². The number of phenols is 1. The lowest BCUT2D eigenvalue weighted by Gasteiger charge is -2.42. The quantitative estimate of drug-likeness (QED) is 0.373. The molecule has 0 saturated heterocycles. The minimum absolute atomic E-state index is 0.121. The maximum atomic E-state index is 12.5. The Morgan fingerprint density at radius 2 is 1.88 bits per heavy atom. The van der Waals surface area contributed by atoms with Crippen LogP contribution in [0.2, 0.25) is 0 Å². The molecule has 0 aliphatic heterocycles. The van der Waals surface area contributed by atoms with Crippen molar-refractivity contribution in [2.24, 2.45) is 5.41 Å². The first-order valence-electron chi connectivity index (χ1n) is 10.8. The Hall–Kier alpha value is -3.13. The first kappa shape index (κ1) is 22.1. The van der Waals surface area contributed by atoms with Crippen molar-refractivity contribution in [3.63, 3.8) is 0 Å². The molecule has 8 nitrogen and oxygen atoms in total. The summed E-state index contributed by atoms with van der Waals surface area (Å²) in [5.74, 6) is -0.741. The lowest BCUT2D eigenvalue weighted by Crippen LogP contribution is -2.68. The number of amides is 1. The van der Waals surface area contributed by atoms with Crippen LogP contribution < -0.4 is 10.6 Å². The highest BCUT2D eigenvalue weighted by atomic mass is 16.3. The number of Topliss-reactive ketones (excluding diaryl/α,β-unsaturated/α-hetero) is 2. The molecule has 1 aromatic heterocycles. The number of carbonyl (C=O) groups excluding carboxylic acids is 3. The first-order valence-corrected chi connectivity index (χ1v) is 10.8. The summed E-state index contributed by atoms with van der Waals surface area (Å²) in [6.45, 7) is 4.28. The Bertz CT molecular complexity index is 1070. The van der Waals surface area contributed by atoms with E-state index in [1.807, 2.05) is 6.07 Å². The van der Waals surface area contributed by atoms with Gasteiger partial charge < -0.3 is 19.7 Å². The zero-order valence-electron chi connectivity index (χ0n) is 18.8. The molecule has 4 rings (SSSR count). The third-order valence-electron chi connectivity index (χ3n) is 6.57. The van der Waals surface area contributed by atoms with E-state index < -0.39 is 23.7 Å². The van der Waals surface area contributed by atoms with Crippen LogP contribution in [-0.4, -0.2) is 53.7 Å². The highest BCUT2D eigenvalue weighted by Gasteiger charge is 2.52. The number of phenolic OH excluding ortho intramolecular Hbond substituents is 1. The van der Waals surface area contributed by atoms with Crippen LogP contribution in [0.25, 0.3) is 0 Å². The highest BCUT2D eigenvalue weighted by Crippen LogP contribution is 2.43. The average molecular weight is 440 g/mol. The molecular formula is C24H29N3O5. The predicted molar refractivity (Wildman–Crippen MR) is 119 cm³/mol. The second-order valence-corrected chi connectivity index (χ2v) is 9.47. The molecule has 3 atom stereocenters. The summed E-state index contributed by atoms with van der Waals surface area (Å²) in [7, 11) is 3.18. The zero-order chi connectivity index (χ0) is 23.2. The molecule has 32 heavy (non-hydrogen) atoms. The van der Waals surface area contributed by atoms with Crippen LogP contribution in [0.15, 0.2) is 34.9 Å². The van der Waals surface area contributed by atoms with Crippen LogP contribution in [0.5, 0.6) is 5.75 Å². The van der Waals surface area contributed by atoms with Crippen LogP contribution in [0, 0.1) is 5.41 Å². The van der Waals surface area contributed by atoms with Crippen molar-refractivity contribution < 1.29 is 23.9 Å². The molecule has 1 amide bonds. The number of nitrogens with one attached hydrogen (secondary N) is 2. The van der Waals surface area contributed by atoms with Crippen molar-refractivity contribution in [1.29, 1.82) is 0 Å². The van der Waals surface area contributed by atoms with E-state index in [0.29, 0.717) is 0 Å². The molecule has 2 aliphatic carbocycles. The summed E-state index contributed by atoms with van der Waals surface area (Å²) in [6, 6.07) is 4.89. The normalized spacial score (nSPS) is 24.3. The Morgan fingerprint density at radius 3 is 2.59 bits per heavy atom. The van der Waals surface area contributed by atoms with Crippen molar-refractivity contribution in [2.75, 3.05) is 19.4 Å². The van der Waals surface area contributed by atoms with Crippen molar-refractivity contribution in [2.45, 2.75) is 51.2 Å². The van der Waals surface area contributed by atoms with Gasteiger partial charge in [-0.05, 0) is 36.5 Å². The summed E-state index contributed by atoms with van der Waals surface area (Å²) in [4.78, 5) is 38.7. The van der Waals surface area contributed by atoms with Gasteiger partial charge in [0.2, 0.25) is 11.6 Å². The molecule has 0 bridgehead atoms. The van der Waals surface area contributed by atoms with Crippen LogP contribution in [-0.2, 0) is 16.0 Å². The van der Waals surface area contributed by atoms with Gasteiger partial charge in [-0.15, -0.1) is 0 Å². The largest absolute Gasteiger partial charge is 0.505 e. The number of hydrogen-bond donors (Lipinski definition) is 3.